The Hall–Kier alpha value is -1.32. The molecule has 1 fully saturated rings. The Morgan fingerprint density at radius 1 is 1.33 bits per heavy atom. The molecule has 0 spiro atoms. The summed E-state index contributed by atoms with van der Waals surface area (Å²) >= 11 is 0. The van der Waals surface area contributed by atoms with Crippen LogP contribution in [0.5, 0.6) is 0 Å². The van der Waals surface area contributed by atoms with E-state index in [1.54, 1.807) is 0 Å². The van der Waals surface area contributed by atoms with Gasteiger partial charge < -0.3 is 10.6 Å². The molecule has 0 aliphatic heterocycles. The van der Waals surface area contributed by atoms with Crippen molar-refractivity contribution in [3.05, 3.63) is 11.9 Å². The summed E-state index contributed by atoms with van der Waals surface area (Å²) in [7, 11) is 0. The molecular formula is C14H24N4. The van der Waals surface area contributed by atoms with Gasteiger partial charge in [-0.1, -0.05) is 27.7 Å². The molecule has 0 bridgehead atoms. The first-order valence-electron chi connectivity index (χ1n) is 6.81. The Bertz CT molecular complexity index is 426. The molecule has 18 heavy (non-hydrogen) atoms. The molecule has 1 saturated carbocycles. The smallest absolute Gasteiger partial charge is 0.135 e. The number of hydrogen-bond acceptors (Lipinski definition) is 4. The van der Waals surface area contributed by atoms with Crippen molar-refractivity contribution in [3.63, 3.8) is 0 Å². The third-order valence-corrected chi connectivity index (χ3v) is 3.45. The maximum Gasteiger partial charge on any atom is 0.135 e. The first-order chi connectivity index (χ1) is 8.42. The van der Waals surface area contributed by atoms with Gasteiger partial charge in [0.05, 0.1) is 0 Å². The lowest BCUT2D eigenvalue weighted by atomic mass is 10.2. The number of aromatic nitrogens is 2. The zero-order valence-electron chi connectivity index (χ0n) is 12.0. The second-order valence-electron chi connectivity index (χ2n) is 6.07. The lowest BCUT2D eigenvalue weighted by Gasteiger charge is -2.13. The summed E-state index contributed by atoms with van der Waals surface area (Å²) in [6, 6.07) is 2.55. The van der Waals surface area contributed by atoms with Crippen molar-refractivity contribution >= 4 is 11.6 Å². The van der Waals surface area contributed by atoms with Gasteiger partial charge in [-0.2, -0.15) is 0 Å². The van der Waals surface area contributed by atoms with Gasteiger partial charge in [0.25, 0.3) is 0 Å². The van der Waals surface area contributed by atoms with E-state index in [2.05, 4.69) is 55.2 Å². The van der Waals surface area contributed by atoms with Crippen LogP contribution in [0.1, 0.15) is 52.8 Å². The van der Waals surface area contributed by atoms with Crippen LogP contribution in [0, 0.1) is 5.41 Å². The van der Waals surface area contributed by atoms with Gasteiger partial charge >= 0.3 is 0 Å². The van der Waals surface area contributed by atoms with Crippen molar-refractivity contribution in [2.24, 2.45) is 5.41 Å². The fourth-order valence-corrected chi connectivity index (χ4v) is 1.96. The van der Waals surface area contributed by atoms with E-state index in [-0.39, 0.29) is 0 Å². The second kappa shape index (κ2) is 4.75. The van der Waals surface area contributed by atoms with E-state index in [1.165, 1.54) is 6.42 Å². The van der Waals surface area contributed by atoms with Crippen molar-refractivity contribution < 1.29 is 0 Å². The Morgan fingerprint density at radius 2 is 1.94 bits per heavy atom. The van der Waals surface area contributed by atoms with Gasteiger partial charge in [-0.3, -0.25) is 0 Å². The largest absolute Gasteiger partial charge is 0.370 e. The molecule has 0 aromatic carbocycles. The summed E-state index contributed by atoms with van der Waals surface area (Å²) in [6.07, 6.45) is 1.21. The molecule has 4 nitrogen and oxygen atoms in total. The average molecular weight is 248 g/mol. The van der Waals surface area contributed by atoms with Crippen molar-refractivity contribution in [2.45, 2.75) is 53.0 Å². The zero-order valence-corrected chi connectivity index (χ0v) is 12.0. The fourth-order valence-electron chi connectivity index (χ4n) is 1.96. The van der Waals surface area contributed by atoms with Crippen LogP contribution >= 0.6 is 0 Å². The van der Waals surface area contributed by atoms with Gasteiger partial charge in [0.15, 0.2) is 0 Å². The predicted octanol–water partition coefficient (Wildman–Crippen LogP) is 3.24. The normalized spacial score (nSPS) is 20.9. The molecule has 1 heterocycles. The Morgan fingerprint density at radius 3 is 2.44 bits per heavy atom. The van der Waals surface area contributed by atoms with Crippen LogP contribution in [0.25, 0.3) is 0 Å². The minimum Gasteiger partial charge on any atom is -0.370 e. The molecule has 1 aromatic heterocycles. The Kier molecular flexibility index (Phi) is 3.46. The number of anilines is 2. The summed E-state index contributed by atoms with van der Waals surface area (Å²) in [5.74, 6) is 3.10. The van der Waals surface area contributed by atoms with Crippen LogP contribution in [-0.4, -0.2) is 22.6 Å². The quantitative estimate of drug-likeness (QED) is 0.840. The van der Waals surface area contributed by atoms with Gasteiger partial charge in [-0.05, 0) is 18.8 Å². The van der Waals surface area contributed by atoms with Gasteiger partial charge in [0.2, 0.25) is 0 Å². The lowest BCUT2D eigenvalue weighted by Crippen LogP contribution is -2.13. The number of rotatable bonds is 5. The highest BCUT2D eigenvalue weighted by molar-refractivity contribution is 5.49. The molecule has 0 radical (unpaired) electrons. The molecule has 100 valence electrons. The van der Waals surface area contributed by atoms with Crippen LogP contribution < -0.4 is 10.6 Å². The molecule has 1 aromatic rings. The topological polar surface area (TPSA) is 49.8 Å². The zero-order chi connectivity index (χ0) is 13.3. The van der Waals surface area contributed by atoms with Crippen molar-refractivity contribution in [1.29, 1.82) is 0 Å². The maximum atomic E-state index is 4.60. The summed E-state index contributed by atoms with van der Waals surface area (Å²) in [5.41, 5.74) is 0.404. The number of nitrogens with zero attached hydrogens (tertiary/aromatic N) is 2. The van der Waals surface area contributed by atoms with E-state index >= 15 is 0 Å². The molecule has 4 heteroatoms. The minimum atomic E-state index is 0.344. The van der Waals surface area contributed by atoms with Crippen molar-refractivity contribution in [2.75, 3.05) is 17.2 Å². The SMILES string of the molecule is CCNc1cc(NC2CC2(C)C)nc(C(C)C)n1. The number of hydrogen-bond donors (Lipinski definition) is 2. The van der Waals surface area contributed by atoms with E-state index < -0.39 is 0 Å². The monoisotopic (exact) mass is 248 g/mol. The van der Waals surface area contributed by atoms with Gasteiger partial charge in [-0.25, -0.2) is 9.97 Å². The van der Waals surface area contributed by atoms with Gasteiger partial charge in [0, 0.05) is 24.6 Å². The Balaban J connectivity index is 2.18. The van der Waals surface area contributed by atoms with Crippen LogP contribution in [0.2, 0.25) is 0 Å². The standard InChI is InChI=1S/C14H24N4/c1-6-15-11-7-12(16-10-8-14(10,4)5)18-13(17-11)9(2)3/h7,9-10H,6,8H2,1-5H3,(H2,15,16,17,18). The van der Waals surface area contributed by atoms with Crippen LogP contribution in [-0.2, 0) is 0 Å². The van der Waals surface area contributed by atoms with E-state index in [1.807, 2.05) is 6.07 Å². The van der Waals surface area contributed by atoms with Gasteiger partial charge in [-0.15, -0.1) is 0 Å². The van der Waals surface area contributed by atoms with Crippen molar-refractivity contribution in [3.8, 4) is 0 Å². The highest BCUT2D eigenvalue weighted by Gasteiger charge is 2.45. The molecule has 1 aliphatic rings. The average Bonchev–Trinajstić information content (AvgIpc) is 2.85. The molecule has 0 amide bonds. The molecule has 1 atom stereocenters. The summed E-state index contributed by atoms with van der Waals surface area (Å²) in [5, 5.41) is 6.78. The predicted molar refractivity (Wildman–Crippen MR) is 76.1 cm³/mol. The molecule has 1 unspecified atom stereocenters. The van der Waals surface area contributed by atoms with E-state index in [0.29, 0.717) is 17.4 Å². The third kappa shape index (κ3) is 2.92. The summed E-state index contributed by atoms with van der Waals surface area (Å²) in [6.45, 7) is 11.8. The highest BCUT2D eigenvalue weighted by atomic mass is 15.1. The number of nitrogens with one attached hydrogen (secondary N) is 2. The van der Waals surface area contributed by atoms with Crippen LogP contribution in [0.4, 0.5) is 11.6 Å². The van der Waals surface area contributed by atoms with Gasteiger partial charge in [0.1, 0.15) is 17.5 Å². The molecule has 1 aliphatic carbocycles. The first-order valence-corrected chi connectivity index (χ1v) is 6.81. The maximum absolute atomic E-state index is 4.60. The Labute approximate surface area is 110 Å². The molecular weight excluding hydrogens is 224 g/mol. The summed E-state index contributed by atoms with van der Waals surface area (Å²) in [4.78, 5) is 9.12. The van der Waals surface area contributed by atoms with Crippen molar-refractivity contribution in [1.82, 2.24) is 9.97 Å². The lowest BCUT2D eigenvalue weighted by molar-refractivity contribution is 0.629. The van der Waals surface area contributed by atoms with E-state index in [9.17, 15) is 0 Å². The van der Waals surface area contributed by atoms with Crippen LogP contribution in [0.15, 0.2) is 6.07 Å². The molecule has 2 rings (SSSR count). The second-order valence-corrected chi connectivity index (χ2v) is 6.07. The summed E-state index contributed by atoms with van der Waals surface area (Å²) < 4.78 is 0. The van der Waals surface area contributed by atoms with E-state index in [4.69, 9.17) is 0 Å². The highest BCUT2D eigenvalue weighted by Crippen LogP contribution is 2.46. The van der Waals surface area contributed by atoms with Crippen LogP contribution in [0.3, 0.4) is 0 Å². The fraction of sp³-hybridized carbons (Fsp3) is 0.714. The minimum absolute atomic E-state index is 0.344. The molecule has 2 N–H and O–H groups in total. The molecule has 0 saturated heterocycles. The third-order valence-electron chi connectivity index (χ3n) is 3.45. The first kappa shape index (κ1) is 13.1. The van der Waals surface area contributed by atoms with E-state index in [0.717, 1.165) is 24.0 Å².